The van der Waals surface area contributed by atoms with E-state index in [1.165, 1.54) is 53.3 Å². The number of nitrogens with one attached hydrogen (secondary N) is 1. The van der Waals surface area contributed by atoms with E-state index in [2.05, 4.69) is 121 Å². The highest BCUT2D eigenvalue weighted by atomic mass is 19.4. The number of alkyl halides is 3. The molecule has 0 bridgehead atoms. The minimum atomic E-state index is -4.64. The molecule has 0 fully saturated rings. The third kappa shape index (κ3) is 17.7. The minimum absolute atomic E-state index is 0.884. The Kier molecular flexibility index (Phi) is 26.0. The highest BCUT2D eigenvalue weighted by Crippen LogP contribution is 2.33. The van der Waals surface area contributed by atoms with Crippen molar-refractivity contribution in [2.75, 3.05) is 7.05 Å². The summed E-state index contributed by atoms with van der Waals surface area (Å²) in [7, 11) is 1.50. The molecule has 0 radical (unpaired) electrons. The summed E-state index contributed by atoms with van der Waals surface area (Å²) in [6, 6.07) is 13.3. The van der Waals surface area contributed by atoms with Crippen molar-refractivity contribution in [1.82, 2.24) is 9.78 Å². The fourth-order valence-corrected chi connectivity index (χ4v) is 3.83. The van der Waals surface area contributed by atoms with E-state index in [0.717, 1.165) is 35.8 Å². The van der Waals surface area contributed by atoms with Gasteiger partial charge in [-0.3, -0.25) is 5.41 Å². The van der Waals surface area contributed by atoms with Crippen LogP contribution in [0.1, 0.15) is 101 Å². The lowest BCUT2D eigenvalue weighted by molar-refractivity contribution is -0.0606. The second kappa shape index (κ2) is 25.5. The average Bonchev–Trinajstić information content (AvgIpc) is 3.41. The molecule has 260 valence electrons. The van der Waals surface area contributed by atoms with Gasteiger partial charge in [0, 0.05) is 5.56 Å². The lowest BCUT2D eigenvalue weighted by Crippen LogP contribution is -2.29. The van der Waals surface area contributed by atoms with E-state index in [1.807, 2.05) is 26.8 Å². The van der Waals surface area contributed by atoms with Crippen molar-refractivity contribution in [2.24, 2.45) is 17.4 Å². The zero-order valence-electron chi connectivity index (χ0n) is 30.6. The van der Waals surface area contributed by atoms with Crippen molar-refractivity contribution in [3.63, 3.8) is 0 Å². The van der Waals surface area contributed by atoms with Crippen molar-refractivity contribution < 1.29 is 13.2 Å². The maximum atomic E-state index is 10.8. The number of unbranched alkanes of at least 4 members (excludes halogenated alkanes) is 1. The zero-order valence-corrected chi connectivity index (χ0v) is 30.6. The number of halogens is 3. The molecule has 0 spiro atoms. The summed E-state index contributed by atoms with van der Waals surface area (Å²) in [6.45, 7) is 30.8. The fourth-order valence-electron chi connectivity index (χ4n) is 3.83. The maximum Gasteiger partial charge on any atom is 0.448 e. The molecule has 0 aliphatic carbocycles. The summed E-state index contributed by atoms with van der Waals surface area (Å²) in [4.78, 5) is 0. The number of rotatable bonds is 7. The molecule has 2 aromatic carbocycles. The molecule has 0 unspecified atom stereocenters. The molecule has 0 aliphatic rings. The van der Waals surface area contributed by atoms with E-state index in [-0.39, 0.29) is 0 Å². The van der Waals surface area contributed by atoms with E-state index < -0.39 is 12.0 Å². The van der Waals surface area contributed by atoms with Crippen LogP contribution in [0.25, 0.3) is 23.0 Å². The first-order valence-electron chi connectivity index (χ1n) is 16.0. The molecule has 1 aromatic heterocycles. The largest absolute Gasteiger partial charge is 0.448 e. The van der Waals surface area contributed by atoms with Gasteiger partial charge in [-0.2, -0.15) is 18.3 Å². The number of allylic oxidation sites excluding steroid dienone is 1. The van der Waals surface area contributed by atoms with Gasteiger partial charge in [-0.25, -0.2) is 4.68 Å². The summed E-state index contributed by atoms with van der Waals surface area (Å²) < 4.78 is 34.6. The van der Waals surface area contributed by atoms with Crippen LogP contribution in [0.15, 0.2) is 55.6 Å². The molecule has 5 nitrogen and oxygen atoms in total. The van der Waals surface area contributed by atoms with Gasteiger partial charge in [0.2, 0.25) is 0 Å². The molecule has 0 saturated carbocycles. The first-order chi connectivity index (χ1) is 21.6. The molecule has 0 amide bonds. The number of nitrogens with zero attached hydrogens (tertiary/aromatic N) is 2. The first kappa shape index (κ1) is 46.8. The highest BCUT2D eigenvalue weighted by molar-refractivity contribution is 5.82. The molecule has 0 saturated heterocycles. The van der Waals surface area contributed by atoms with Gasteiger partial charge in [-0.15, -0.1) is 6.58 Å². The molecule has 5 N–H and O–H groups in total. The van der Waals surface area contributed by atoms with Crippen LogP contribution in [0.5, 0.6) is 0 Å². The van der Waals surface area contributed by atoms with Crippen molar-refractivity contribution in [2.45, 2.75) is 108 Å². The number of aryl methyl sites for hydroxylation is 5. The van der Waals surface area contributed by atoms with Gasteiger partial charge in [-0.05, 0) is 89.2 Å². The Bertz CT molecular complexity index is 1290. The highest BCUT2D eigenvalue weighted by Gasteiger charge is 2.31. The molecule has 3 aromatic rings. The monoisotopic (exact) mass is 645 g/mol. The zero-order chi connectivity index (χ0) is 36.6. The van der Waals surface area contributed by atoms with Gasteiger partial charge in [0.15, 0.2) is 5.84 Å². The molecule has 46 heavy (non-hydrogen) atoms. The van der Waals surface area contributed by atoms with Crippen LogP contribution in [-0.4, -0.2) is 28.8 Å². The van der Waals surface area contributed by atoms with Gasteiger partial charge in [-0.1, -0.05) is 109 Å². The summed E-state index contributed by atoms with van der Waals surface area (Å²) in [6.07, 6.45) is 3.72. The Morgan fingerprint density at radius 3 is 1.83 bits per heavy atom. The predicted octanol–water partition coefficient (Wildman–Crippen LogP) is 11.1. The van der Waals surface area contributed by atoms with Crippen molar-refractivity contribution in [1.29, 1.82) is 5.41 Å². The van der Waals surface area contributed by atoms with Gasteiger partial charge >= 0.3 is 6.18 Å². The molecule has 0 atom stereocenters. The van der Waals surface area contributed by atoms with Gasteiger partial charge in [0.05, 0.1) is 17.1 Å². The Balaban J connectivity index is -0.000000804. The normalized spacial score (nSPS) is 9.76. The van der Waals surface area contributed by atoms with Crippen LogP contribution in [0.4, 0.5) is 13.2 Å². The first-order valence-corrected chi connectivity index (χ1v) is 16.0. The van der Waals surface area contributed by atoms with Crippen LogP contribution in [0, 0.1) is 39.0 Å². The second-order valence-electron chi connectivity index (χ2n) is 10.7. The predicted molar refractivity (Wildman–Crippen MR) is 197 cm³/mol. The Morgan fingerprint density at radius 2 is 1.43 bits per heavy atom. The third-order valence-corrected chi connectivity index (χ3v) is 6.24. The molecule has 0 aliphatic heterocycles. The molecule has 3 rings (SSSR count). The van der Waals surface area contributed by atoms with Gasteiger partial charge in [0.1, 0.15) is 0 Å². The molecule has 8 heteroatoms. The van der Waals surface area contributed by atoms with E-state index in [1.54, 1.807) is 6.08 Å². The number of aromatic nitrogens is 2. The van der Waals surface area contributed by atoms with E-state index in [4.69, 9.17) is 10.5 Å². The molecule has 1 heterocycles. The van der Waals surface area contributed by atoms with Crippen molar-refractivity contribution in [3.05, 3.63) is 89.1 Å². The maximum absolute atomic E-state index is 10.8. The lowest BCUT2D eigenvalue weighted by atomic mass is 9.95. The Hall–Kier alpha value is -3.65. The van der Waals surface area contributed by atoms with Gasteiger partial charge < -0.3 is 11.5 Å². The quantitative estimate of drug-likeness (QED) is 0.136. The summed E-state index contributed by atoms with van der Waals surface area (Å²) >= 11 is 0. The summed E-state index contributed by atoms with van der Waals surface area (Å²) in [5.41, 5.74) is 19.4. The lowest BCUT2D eigenvalue weighted by Gasteiger charge is -2.15. The standard InChI is InChI=1S/C25H30N2.C5H12.C3H6.C2H3F3N2.C2H6.CH5N/c1-7-9-10-22-16-24(25-20(6)14-18(4)15-21(25)8-2)27(26-22)23-12-11-17(3)13-19(23)5;1-4-5(2)3;1-3-2;3-2(4,5)1(6)7;2*1-2/h8,11-16H,2,7,9-10H2,1,3-6H3;5H,4H2,1-3H3;3H,1H2,2H3;(H3,6,7);1-2H3;2H2,1H3. The number of nitrogens with two attached hydrogens (primary N) is 2. The van der Waals surface area contributed by atoms with E-state index in [9.17, 15) is 13.2 Å². The average molecular weight is 646 g/mol. The van der Waals surface area contributed by atoms with Crippen LogP contribution < -0.4 is 11.5 Å². The molecular weight excluding hydrogens is 583 g/mol. The number of amidine groups is 1. The van der Waals surface area contributed by atoms with E-state index in [0.29, 0.717) is 0 Å². The summed E-state index contributed by atoms with van der Waals surface area (Å²) in [5, 5.41) is 10.8. The van der Waals surface area contributed by atoms with Crippen molar-refractivity contribution in [3.8, 4) is 16.9 Å². The van der Waals surface area contributed by atoms with Crippen LogP contribution in [-0.2, 0) is 6.42 Å². The molecular formula is C38H62F3N5. The van der Waals surface area contributed by atoms with Crippen LogP contribution >= 0.6 is 0 Å². The number of hydrogen-bond donors (Lipinski definition) is 3. The number of benzene rings is 2. The minimum Gasteiger partial charge on any atom is -0.380 e. The Morgan fingerprint density at radius 1 is 0.957 bits per heavy atom. The summed E-state index contributed by atoms with van der Waals surface area (Å²) in [5.74, 6) is -0.873. The van der Waals surface area contributed by atoms with E-state index >= 15 is 0 Å². The van der Waals surface area contributed by atoms with Crippen molar-refractivity contribution >= 4 is 11.9 Å². The van der Waals surface area contributed by atoms with Crippen LogP contribution in [0.3, 0.4) is 0 Å². The van der Waals surface area contributed by atoms with Crippen LogP contribution in [0.2, 0.25) is 0 Å². The second-order valence-corrected chi connectivity index (χ2v) is 10.7. The number of hydrogen-bond acceptors (Lipinski definition) is 3. The Labute approximate surface area is 278 Å². The van der Waals surface area contributed by atoms with Gasteiger partial charge in [0.25, 0.3) is 0 Å². The smallest absolute Gasteiger partial charge is 0.380 e. The third-order valence-electron chi connectivity index (χ3n) is 6.24. The SMILES string of the molecule is C=CC.C=Cc1cc(C)cc(C)c1-c1cc(CCCC)nn1-c1ccc(C)cc1C.CC.CCC(C)C.CN.N=C(N)C(F)(F)F. The topological polar surface area (TPSA) is 93.7 Å². The fraction of sp³-hybridized carbons (Fsp3) is 0.474.